The Bertz CT molecular complexity index is 510. The van der Waals surface area contributed by atoms with E-state index in [9.17, 15) is 4.79 Å². The zero-order valence-corrected chi connectivity index (χ0v) is 13.6. The molecule has 2 aliphatic rings. The average molecular weight is 306 g/mol. The third-order valence-electron chi connectivity index (χ3n) is 4.76. The van der Waals surface area contributed by atoms with E-state index < -0.39 is 0 Å². The van der Waals surface area contributed by atoms with Gasteiger partial charge in [-0.1, -0.05) is 0 Å². The predicted octanol–water partition coefficient (Wildman–Crippen LogP) is 1.08. The molecule has 3 heterocycles. The number of hydrogen-bond donors (Lipinski definition) is 0. The summed E-state index contributed by atoms with van der Waals surface area (Å²) in [6.45, 7) is 8.87. The van der Waals surface area contributed by atoms with Gasteiger partial charge in [-0.3, -0.25) is 14.4 Å². The van der Waals surface area contributed by atoms with Gasteiger partial charge in [-0.2, -0.15) is 5.10 Å². The number of nitrogens with zero attached hydrogens (tertiary/aromatic N) is 4. The summed E-state index contributed by atoms with van der Waals surface area (Å²) in [5.41, 5.74) is 1.17. The van der Waals surface area contributed by atoms with Crippen LogP contribution in [0.15, 0.2) is 12.4 Å². The van der Waals surface area contributed by atoms with E-state index in [1.54, 1.807) is 0 Å². The summed E-state index contributed by atoms with van der Waals surface area (Å²) in [5.74, 6) is 0.246. The Morgan fingerprint density at radius 3 is 2.82 bits per heavy atom. The lowest BCUT2D eigenvalue weighted by Crippen LogP contribution is -2.53. The molecule has 2 fully saturated rings. The zero-order valence-electron chi connectivity index (χ0n) is 13.6. The highest BCUT2D eigenvalue weighted by Gasteiger charge is 2.31. The van der Waals surface area contributed by atoms with Crippen molar-refractivity contribution in [3.8, 4) is 0 Å². The summed E-state index contributed by atoms with van der Waals surface area (Å²) < 4.78 is 7.40. The first-order valence-electron chi connectivity index (χ1n) is 8.26. The fourth-order valence-corrected chi connectivity index (χ4v) is 3.39. The number of ether oxygens (including phenoxy) is 1. The van der Waals surface area contributed by atoms with E-state index >= 15 is 0 Å². The van der Waals surface area contributed by atoms with Gasteiger partial charge in [0.1, 0.15) is 0 Å². The fraction of sp³-hybridized carbons (Fsp3) is 0.750. The second-order valence-corrected chi connectivity index (χ2v) is 6.40. The molecule has 2 saturated heterocycles. The third-order valence-corrected chi connectivity index (χ3v) is 4.76. The molecule has 0 aliphatic carbocycles. The quantitative estimate of drug-likeness (QED) is 0.838. The Morgan fingerprint density at radius 1 is 1.36 bits per heavy atom. The second-order valence-electron chi connectivity index (χ2n) is 6.40. The van der Waals surface area contributed by atoms with Gasteiger partial charge in [0.2, 0.25) is 5.91 Å². The van der Waals surface area contributed by atoms with Crippen LogP contribution in [0.4, 0.5) is 0 Å². The van der Waals surface area contributed by atoms with Crippen LogP contribution in [0.5, 0.6) is 0 Å². The van der Waals surface area contributed by atoms with Crippen molar-refractivity contribution in [3.05, 3.63) is 18.0 Å². The molecule has 1 amide bonds. The highest BCUT2D eigenvalue weighted by Crippen LogP contribution is 2.22. The first-order chi connectivity index (χ1) is 10.6. The molecule has 1 aromatic heterocycles. The summed E-state index contributed by atoms with van der Waals surface area (Å²) in [5, 5.41) is 4.42. The van der Waals surface area contributed by atoms with Gasteiger partial charge in [0, 0.05) is 32.4 Å². The van der Waals surface area contributed by atoms with E-state index in [0.717, 1.165) is 52.2 Å². The standard InChI is InChI=1S/C16H26N4O2/c1-13-10-17-20(11-13)15-4-3-5-19(12-15)16(21)14(2)18-6-8-22-9-7-18/h10-11,14-15H,3-9,12H2,1-2H3. The van der Waals surface area contributed by atoms with Crippen molar-refractivity contribution >= 4 is 5.91 Å². The summed E-state index contributed by atoms with van der Waals surface area (Å²) in [6, 6.07) is 0.255. The third kappa shape index (κ3) is 3.33. The largest absolute Gasteiger partial charge is 0.379 e. The number of rotatable bonds is 3. The van der Waals surface area contributed by atoms with Crippen molar-refractivity contribution in [2.24, 2.45) is 0 Å². The lowest BCUT2D eigenvalue weighted by molar-refractivity contribution is -0.139. The number of piperidine rings is 1. The van der Waals surface area contributed by atoms with Crippen molar-refractivity contribution in [3.63, 3.8) is 0 Å². The summed E-state index contributed by atoms with van der Waals surface area (Å²) >= 11 is 0. The molecular weight excluding hydrogens is 280 g/mol. The topological polar surface area (TPSA) is 50.6 Å². The molecule has 1 aromatic rings. The number of morpholine rings is 1. The van der Waals surface area contributed by atoms with Crippen molar-refractivity contribution < 1.29 is 9.53 Å². The van der Waals surface area contributed by atoms with E-state index in [0.29, 0.717) is 6.04 Å². The Balaban J connectivity index is 1.62. The van der Waals surface area contributed by atoms with Gasteiger partial charge in [0.05, 0.1) is 31.5 Å². The average Bonchev–Trinajstić information content (AvgIpc) is 3.01. The molecule has 0 saturated carbocycles. The van der Waals surface area contributed by atoms with Crippen LogP contribution in [0, 0.1) is 6.92 Å². The monoisotopic (exact) mass is 306 g/mol. The van der Waals surface area contributed by atoms with Crippen molar-refractivity contribution in [2.45, 2.75) is 38.8 Å². The minimum Gasteiger partial charge on any atom is -0.379 e. The van der Waals surface area contributed by atoms with Crippen LogP contribution in [0.25, 0.3) is 0 Å². The minimum atomic E-state index is -0.0537. The maximum Gasteiger partial charge on any atom is 0.239 e. The van der Waals surface area contributed by atoms with Gasteiger partial charge < -0.3 is 9.64 Å². The molecule has 0 spiro atoms. The number of aryl methyl sites for hydroxylation is 1. The molecule has 3 rings (SSSR count). The highest BCUT2D eigenvalue weighted by molar-refractivity contribution is 5.81. The van der Waals surface area contributed by atoms with E-state index in [1.807, 2.05) is 22.7 Å². The Kier molecular flexibility index (Phi) is 4.78. The fourth-order valence-electron chi connectivity index (χ4n) is 3.39. The lowest BCUT2D eigenvalue weighted by atomic mass is 10.0. The molecule has 0 radical (unpaired) electrons. The molecule has 0 aromatic carbocycles. The van der Waals surface area contributed by atoms with Crippen LogP contribution in [0.2, 0.25) is 0 Å². The van der Waals surface area contributed by atoms with Crippen LogP contribution in [0.1, 0.15) is 31.4 Å². The van der Waals surface area contributed by atoms with Gasteiger partial charge in [0.15, 0.2) is 0 Å². The van der Waals surface area contributed by atoms with E-state index in [-0.39, 0.29) is 11.9 Å². The lowest BCUT2D eigenvalue weighted by Gasteiger charge is -2.38. The maximum absolute atomic E-state index is 12.8. The highest BCUT2D eigenvalue weighted by atomic mass is 16.5. The smallest absolute Gasteiger partial charge is 0.239 e. The normalized spacial score (nSPS) is 25.2. The molecule has 6 heteroatoms. The SMILES string of the molecule is Cc1cnn(C2CCCN(C(=O)C(C)N3CCOCC3)C2)c1. The van der Waals surface area contributed by atoms with Gasteiger partial charge >= 0.3 is 0 Å². The number of carbonyl (C=O) groups excluding carboxylic acids is 1. The molecule has 2 aliphatic heterocycles. The minimum absolute atomic E-state index is 0.0537. The van der Waals surface area contributed by atoms with Crippen molar-refractivity contribution in [2.75, 3.05) is 39.4 Å². The van der Waals surface area contributed by atoms with E-state index in [1.165, 1.54) is 5.56 Å². The molecule has 2 unspecified atom stereocenters. The predicted molar refractivity (Wildman–Crippen MR) is 83.7 cm³/mol. The van der Waals surface area contributed by atoms with Crippen LogP contribution in [0.3, 0.4) is 0 Å². The molecule has 22 heavy (non-hydrogen) atoms. The zero-order chi connectivity index (χ0) is 15.5. The summed E-state index contributed by atoms with van der Waals surface area (Å²) in [7, 11) is 0. The molecule has 2 atom stereocenters. The van der Waals surface area contributed by atoms with Crippen LogP contribution in [-0.2, 0) is 9.53 Å². The Morgan fingerprint density at radius 2 is 2.14 bits per heavy atom. The number of hydrogen-bond acceptors (Lipinski definition) is 4. The van der Waals surface area contributed by atoms with E-state index in [2.05, 4.69) is 23.1 Å². The molecular formula is C16H26N4O2. The number of aromatic nitrogens is 2. The Hall–Kier alpha value is -1.40. The van der Waals surface area contributed by atoms with Crippen LogP contribution < -0.4 is 0 Å². The second kappa shape index (κ2) is 6.79. The van der Waals surface area contributed by atoms with Crippen molar-refractivity contribution in [1.82, 2.24) is 19.6 Å². The Labute approximate surface area is 132 Å². The maximum atomic E-state index is 12.8. The summed E-state index contributed by atoms with van der Waals surface area (Å²) in [4.78, 5) is 17.0. The molecule has 6 nitrogen and oxygen atoms in total. The number of amides is 1. The van der Waals surface area contributed by atoms with Gasteiger partial charge in [-0.05, 0) is 32.3 Å². The molecule has 0 N–H and O–H groups in total. The number of likely N-dealkylation sites (tertiary alicyclic amines) is 1. The van der Waals surface area contributed by atoms with Crippen LogP contribution >= 0.6 is 0 Å². The molecule has 0 bridgehead atoms. The molecule has 122 valence electrons. The van der Waals surface area contributed by atoms with Crippen molar-refractivity contribution in [1.29, 1.82) is 0 Å². The number of carbonyl (C=O) groups is 1. The van der Waals surface area contributed by atoms with Gasteiger partial charge in [-0.25, -0.2) is 0 Å². The van der Waals surface area contributed by atoms with E-state index in [4.69, 9.17) is 4.74 Å². The van der Waals surface area contributed by atoms with Gasteiger partial charge in [0.25, 0.3) is 0 Å². The van der Waals surface area contributed by atoms with Gasteiger partial charge in [-0.15, -0.1) is 0 Å². The first-order valence-corrected chi connectivity index (χ1v) is 8.26. The summed E-state index contributed by atoms with van der Waals surface area (Å²) in [6.07, 6.45) is 6.10. The van der Waals surface area contributed by atoms with Crippen LogP contribution in [-0.4, -0.2) is 70.9 Å². The first kappa shape index (κ1) is 15.5.